The van der Waals surface area contributed by atoms with Crippen LogP contribution < -0.4 is 0 Å². The number of aromatic amines is 1. The van der Waals surface area contributed by atoms with Crippen molar-refractivity contribution in [2.75, 3.05) is 0 Å². The molecular weight excluding hydrogens is 294 g/mol. The number of pyridine rings is 1. The van der Waals surface area contributed by atoms with E-state index in [4.69, 9.17) is 11.6 Å². The second-order valence-electron chi connectivity index (χ2n) is 4.80. The summed E-state index contributed by atoms with van der Waals surface area (Å²) in [5.41, 5.74) is 0.753. The minimum absolute atomic E-state index is 0.355. The first-order valence-corrected chi connectivity index (χ1v) is 7.06. The Labute approximate surface area is 126 Å². The first kappa shape index (κ1) is 15.4. The lowest BCUT2D eigenvalue weighted by Crippen LogP contribution is -2.25. The van der Waals surface area contributed by atoms with Gasteiger partial charge in [-0.15, -0.1) is 5.10 Å². The quantitative estimate of drug-likeness (QED) is 0.811. The van der Waals surface area contributed by atoms with Crippen molar-refractivity contribution in [2.24, 2.45) is 5.92 Å². The van der Waals surface area contributed by atoms with Gasteiger partial charge < -0.3 is 5.11 Å². The smallest absolute Gasteiger partial charge is 0.307 e. The molecule has 2 aromatic heterocycles. The summed E-state index contributed by atoms with van der Waals surface area (Å²) in [5.74, 6) is -1.31. The van der Waals surface area contributed by atoms with E-state index in [-0.39, 0.29) is 5.92 Å². The highest BCUT2D eigenvalue weighted by atomic mass is 35.5. The molecule has 2 heterocycles. The van der Waals surface area contributed by atoms with E-state index in [1.54, 1.807) is 18.3 Å². The zero-order chi connectivity index (χ0) is 15.2. The first-order valence-electron chi connectivity index (χ1n) is 6.68. The lowest BCUT2D eigenvalue weighted by atomic mass is 9.84. The normalized spacial score (nSPS) is 13.8. The Morgan fingerprint density at radius 1 is 1.48 bits per heavy atom. The standard InChI is InChI=1S/C13H16ClN5O2/c1-2-3-10(13(20)21)11(12-16-18-19-17-12)6-9-5-4-8(14)7-15-9/h4-5,7,10-11H,2-3,6H2,1H3,(H,20,21)(H,16,17,18,19)/t10-,11-/m0/s1. The number of carboxylic acids is 1. The van der Waals surface area contributed by atoms with Crippen LogP contribution in [0.15, 0.2) is 18.3 Å². The van der Waals surface area contributed by atoms with Crippen molar-refractivity contribution in [2.45, 2.75) is 32.1 Å². The van der Waals surface area contributed by atoms with Crippen molar-refractivity contribution in [3.05, 3.63) is 34.9 Å². The lowest BCUT2D eigenvalue weighted by molar-refractivity contribution is -0.143. The molecule has 0 fully saturated rings. The third kappa shape index (κ3) is 3.98. The number of tetrazole rings is 1. The van der Waals surface area contributed by atoms with Crippen molar-refractivity contribution < 1.29 is 9.90 Å². The van der Waals surface area contributed by atoms with Crippen LogP contribution in [0.4, 0.5) is 0 Å². The molecule has 0 aliphatic heterocycles. The molecular formula is C13H16ClN5O2. The van der Waals surface area contributed by atoms with Gasteiger partial charge in [0.1, 0.15) is 0 Å². The average molecular weight is 310 g/mol. The molecule has 0 unspecified atom stereocenters. The van der Waals surface area contributed by atoms with Crippen LogP contribution in [0.5, 0.6) is 0 Å². The van der Waals surface area contributed by atoms with Gasteiger partial charge >= 0.3 is 5.97 Å². The summed E-state index contributed by atoms with van der Waals surface area (Å²) in [6, 6.07) is 3.51. The molecule has 0 saturated heterocycles. The topological polar surface area (TPSA) is 105 Å². The summed E-state index contributed by atoms with van der Waals surface area (Å²) in [6.45, 7) is 1.95. The monoisotopic (exact) mass is 309 g/mol. The maximum absolute atomic E-state index is 11.5. The minimum Gasteiger partial charge on any atom is -0.481 e. The number of carbonyl (C=O) groups is 1. The molecule has 0 radical (unpaired) electrons. The van der Waals surface area contributed by atoms with Gasteiger partial charge in [0.2, 0.25) is 0 Å². The van der Waals surface area contributed by atoms with E-state index in [9.17, 15) is 9.90 Å². The van der Waals surface area contributed by atoms with Crippen molar-refractivity contribution in [3.63, 3.8) is 0 Å². The molecule has 7 nitrogen and oxygen atoms in total. The lowest BCUT2D eigenvalue weighted by Gasteiger charge is -2.20. The zero-order valence-electron chi connectivity index (χ0n) is 11.5. The maximum Gasteiger partial charge on any atom is 0.307 e. The fourth-order valence-corrected chi connectivity index (χ4v) is 2.43. The van der Waals surface area contributed by atoms with E-state index in [1.807, 2.05) is 6.92 Å². The zero-order valence-corrected chi connectivity index (χ0v) is 12.3. The molecule has 0 spiro atoms. The van der Waals surface area contributed by atoms with Crippen LogP contribution in [0.2, 0.25) is 5.02 Å². The molecule has 21 heavy (non-hydrogen) atoms. The second kappa shape index (κ2) is 7.12. The molecule has 8 heteroatoms. The number of hydrogen-bond donors (Lipinski definition) is 2. The molecule has 0 aliphatic rings. The number of rotatable bonds is 7. The number of aromatic nitrogens is 5. The molecule has 112 valence electrons. The predicted molar refractivity (Wildman–Crippen MR) is 75.9 cm³/mol. The van der Waals surface area contributed by atoms with E-state index in [0.29, 0.717) is 23.7 Å². The van der Waals surface area contributed by atoms with Crippen LogP contribution in [0.25, 0.3) is 0 Å². The van der Waals surface area contributed by atoms with Gasteiger partial charge in [0.05, 0.1) is 10.9 Å². The van der Waals surface area contributed by atoms with E-state index in [1.165, 1.54) is 0 Å². The highest BCUT2D eigenvalue weighted by Gasteiger charge is 2.31. The van der Waals surface area contributed by atoms with E-state index in [0.717, 1.165) is 12.1 Å². The number of nitrogens with zero attached hydrogens (tertiary/aromatic N) is 4. The Kier molecular flexibility index (Phi) is 5.21. The summed E-state index contributed by atoms with van der Waals surface area (Å²) in [7, 11) is 0. The molecule has 2 aromatic rings. The number of H-pyrrole nitrogens is 1. The summed E-state index contributed by atoms with van der Waals surface area (Å²) in [4.78, 5) is 15.8. The van der Waals surface area contributed by atoms with Crippen LogP contribution >= 0.6 is 11.6 Å². The third-order valence-corrected chi connectivity index (χ3v) is 3.56. The van der Waals surface area contributed by atoms with Crippen LogP contribution in [0.3, 0.4) is 0 Å². The van der Waals surface area contributed by atoms with Gasteiger partial charge in [0.25, 0.3) is 0 Å². The first-order chi connectivity index (χ1) is 10.1. The number of hydrogen-bond acceptors (Lipinski definition) is 5. The maximum atomic E-state index is 11.5. The molecule has 0 aliphatic carbocycles. The second-order valence-corrected chi connectivity index (χ2v) is 5.23. The predicted octanol–water partition coefficient (Wildman–Crippen LogP) is 2.08. The summed E-state index contributed by atoms with van der Waals surface area (Å²) < 4.78 is 0. The average Bonchev–Trinajstić information content (AvgIpc) is 2.98. The number of halogens is 1. The Balaban J connectivity index is 2.27. The SMILES string of the molecule is CCC[C@H](C(=O)O)[C@H](Cc1ccc(Cl)cn1)c1nnn[nH]1. The van der Waals surface area contributed by atoms with E-state index in [2.05, 4.69) is 25.6 Å². The van der Waals surface area contributed by atoms with Gasteiger partial charge in [-0.2, -0.15) is 0 Å². The van der Waals surface area contributed by atoms with Crippen LogP contribution in [0, 0.1) is 5.92 Å². The minimum atomic E-state index is -0.854. The summed E-state index contributed by atoms with van der Waals surface area (Å²) in [6.07, 6.45) is 3.30. The Hall–Kier alpha value is -2.02. The molecule has 2 atom stereocenters. The van der Waals surface area contributed by atoms with Gasteiger partial charge in [-0.1, -0.05) is 24.9 Å². The highest BCUT2D eigenvalue weighted by molar-refractivity contribution is 6.30. The fourth-order valence-electron chi connectivity index (χ4n) is 2.31. The van der Waals surface area contributed by atoms with Gasteiger partial charge in [-0.25, -0.2) is 5.10 Å². The largest absolute Gasteiger partial charge is 0.481 e. The Morgan fingerprint density at radius 2 is 2.29 bits per heavy atom. The van der Waals surface area contributed by atoms with Gasteiger partial charge in [0.15, 0.2) is 5.82 Å². The third-order valence-electron chi connectivity index (χ3n) is 3.33. The van der Waals surface area contributed by atoms with Crippen LogP contribution in [0.1, 0.15) is 37.2 Å². The van der Waals surface area contributed by atoms with Crippen LogP contribution in [-0.4, -0.2) is 36.7 Å². The molecule has 0 aromatic carbocycles. The highest BCUT2D eigenvalue weighted by Crippen LogP contribution is 2.29. The van der Waals surface area contributed by atoms with Gasteiger partial charge in [0, 0.05) is 24.2 Å². The fraction of sp³-hybridized carbons (Fsp3) is 0.462. The molecule has 0 bridgehead atoms. The molecule has 2 N–H and O–H groups in total. The Bertz CT molecular complexity index is 573. The Morgan fingerprint density at radius 3 is 2.81 bits per heavy atom. The van der Waals surface area contributed by atoms with Crippen molar-refractivity contribution in [1.82, 2.24) is 25.6 Å². The van der Waals surface area contributed by atoms with Crippen molar-refractivity contribution in [3.8, 4) is 0 Å². The van der Waals surface area contributed by atoms with E-state index < -0.39 is 11.9 Å². The summed E-state index contributed by atoms with van der Waals surface area (Å²) >= 11 is 5.82. The molecule has 2 rings (SSSR count). The van der Waals surface area contributed by atoms with Crippen molar-refractivity contribution in [1.29, 1.82) is 0 Å². The summed E-state index contributed by atoms with van der Waals surface area (Å²) in [5, 5.41) is 23.7. The number of nitrogens with one attached hydrogen (secondary N) is 1. The molecule has 0 amide bonds. The van der Waals surface area contributed by atoms with Crippen molar-refractivity contribution >= 4 is 17.6 Å². The van der Waals surface area contributed by atoms with E-state index >= 15 is 0 Å². The van der Waals surface area contributed by atoms with Gasteiger partial charge in [-0.3, -0.25) is 9.78 Å². The number of carboxylic acid groups (broad SMARTS) is 1. The van der Waals surface area contributed by atoms with Gasteiger partial charge in [-0.05, 0) is 29.0 Å². The molecule has 0 saturated carbocycles. The number of aliphatic carboxylic acids is 1. The van der Waals surface area contributed by atoms with Crippen LogP contribution in [-0.2, 0) is 11.2 Å².